The topological polar surface area (TPSA) is 57.7 Å². The van der Waals surface area contributed by atoms with Crippen molar-refractivity contribution in [2.24, 2.45) is 0 Å². The fraction of sp³-hybridized carbons (Fsp3) is 0.389. The van der Waals surface area contributed by atoms with Crippen LogP contribution in [0.3, 0.4) is 0 Å². The number of rotatable bonds is 4. The summed E-state index contributed by atoms with van der Waals surface area (Å²) in [5.74, 6) is -0.526. The smallest absolute Gasteiger partial charge is 0.294 e. The number of hydrogen-bond acceptors (Lipinski definition) is 5. The van der Waals surface area contributed by atoms with Gasteiger partial charge in [0.25, 0.3) is 11.1 Å². The van der Waals surface area contributed by atoms with E-state index in [0.717, 1.165) is 46.4 Å². The van der Waals surface area contributed by atoms with E-state index in [0.29, 0.717) is 18.0 Å². The highest BCUT2D eigenvalue weighted by Gasteiger charge is 2.37. The van der Waals surface area contributed by atoms with Crippen LogP contribution in [-0.4, -0.2) is 52.7 Å². The number of amides is 3. The van der Waals surface area contributed by atoms with E-state index in [4.69, 9.17) is 0 Å². The average Bonchev–Trinajstić information content (AvgIpc) is 2.90. The van der Waals surface area contributed by atoms with Crippen molar-refractivity contribution in [1.29, 1.82) is 0 Å². The maximum Gasteiger partial charge on any atom is 0.294 e. The van der Waals surface area contributed by atoms with Crippen molar-refractivity contribution < 1.29 is 14.4 Å². The molecule has 0 aliphatic carbocycles. The summed E-state index contributed by atoms with van der Waals surface area (Å²) in [6.45, 7) is 1.27. The number of benzene rings is 1. The van der Waals surface area contributed by atoms with E-state index in [-0.39, 0.29) is 23.6 Å². The van der Waals surface area contributed by atoms with Crippen molar-refractivity contribution >= 4 is 46.7 Å². The van der Waals surface area contributed by atoms with Gasteiger partial charge in [0.1, 0.15) is 6.54 Å². The van der Waals surface area contributed by atoms with Gasteiger partial charge in [0.05, 0.1) is 4.91 Å². The predicted molar refractivity (Wildman–Crippen MR) is 101 cm³/mol. The average molecular weight is 377 g/mol. The standard InChI is InChI=1S/C18H20N2O3S2/c1-24-14-7-5-13(6-8-14)11-15-17(22)20(18(23)25-15)12-16(21)19-9-3-2-4-10-19/h5-8,11H,2-4,9-10,12H2,1H3/b15-11-. The highest BCUT2D eigenvalue weighted by molar-refractivity contribution is 8.18. The SMILES string of the molecule is CSc1ccc(/C=C2\SC(=O)N(CC(=O)N3CCCCC3)C2=O)cc1. The van der Waals surface area contributed by atoms with Crippen LogP contribution in [0.2, 0.25) is 0 Å². The lowest BCUT2D eigenvalue weighted by Gasteiger charge is -2.27. The van der Waals surface area contributed by atoms with Gasteiger partial charge >= 0.3 is 0 Å². The van der Waals surface area contributed by atoms with E-state index in [2.05, 4.69) is 0 Å². The van der Waals surface area contributed by atoms with Crippen molar-refractivity contribution in [3.8, 4) is 0 Å². The zero-order valence-electron chi connectivity index (χ0n) is 14.1. The Labute approximate surface area is 155 Å². The Bertz CT molecular complexity index is 710. The third-order valence-corrected chi connectivity index (χ3v) is 5.94. The Kier molecular flexibility index (Phi) is 5.86. The minimum absolute atomic E-state index is 0.146. The number of nitrogens with zero attached hydrogens (tertiary/aromatic N) is 2. The van der Waals surface area contributed by atoms with Crippen molar-refractivity contribution in [3.63, 3.8) is 0 Å². The van der Waals surface area contributed by atoms with Crippen molar-refractivity contribution in [3.05, 3.63) is 34.7 Å². The lowest BCUT2D eigenvalue weighted by Crippen LogP contribution is -2.44. The molecule has 1 aromatic rings. The minimum Gasteiger partial charge on any atom is -0.341 e. The first-order valence-corrected chi connectivity index (χ1v) is 10.3. The monoisotopic (exact) mass is 376 g/mol. The second-order valence-electron chi connectivity index (χ2n) is 5.98. The zero-order valence-corrected chi connectivity index (χ0v) is 15.7. The fourth-order valence-electron chi connectivity index (χ4n) is 2.87. The first-order valence-electron chi connectivity index (χ1n) is 8.25. The number of likely N-dealkylation sites (tertiary alicyclic amines) is 1. The van der Waals surface area contributed by atoms with Gasteiger partial charge in [0.2, 0.25) is 5.91 Å². The third kappa shape index (κ3) is 4.27. The number of carbonyl (C=O) groups excluding carboxylic acids is 3. The summed E-state index contributed by atoms with van der Waals surface area (Å²) in [7, 11) is 0. The number of carbonyl (C=O) groups is 3. The van der Waals surface area contributed by atoms with Gasteiger partial charge < -0.3 is 4.90 Å². The Morgan fingerprint density at radius 3 is 2.48 bits per heavy atom. The van der Waals surface area contributed by atoms with Crippen LogP contribution in [0.1, 0.15) is 24.8 Å². The van der Waals surface area contributed by atoms with Gasteiger partial charge in [-0.15, -0.1) is 11.8 Å². The molecule has 5 nitrogen and oxygen atoms in total. The normalized spacial score (nSPS) is 19.8. The molecule has 2 saturated heterocycles. The molecule has 2 aliphatic heterocycles. The second-order valence-corrected chi connectivity index (χ2v) is 7.86. The first kappa shape index (κ1) is 18.1. The van der Waals surface area contributed by atoms with E-state index in [1.165, 1.54) is 0 Å². The molecule has 0 N–H and O–H groups in total. The molecule has 0 saturated carbocycles. The number of thioether (sulfide) groups is 2. The molecule has 132 valence electrons. The molecule has 0 aromatic heterocycles. The molecule has 3 rings (SSSR count). The van der Waals surface area contributed by atoms with E-state index >= 15 is 0 Å². The summed E-state index contributed by atoms with van der Waals surface area (Å²) in [4.78, 5) is 41.3. The van der Waals surface area contributed by atoms with Crippen molar-refractivity contribution in [1.82, 2.24) is 9.80 Å². The molecule has 0 atom stereocenters. The fourth-order valence-corrected chi connectivity index (χ4v) is 4.11. The van der Waals surface area contributed by atoms with Gasteiger partial charge in [-0.3, -0.25) is 19.3 Å². The molecule has 0 bridgehead atoms. The maximum atomic E-state index is 12.5. The molecular formula is C18H20N2O3S2. The third-order valence-electron chi connectivity index (χ3n) is 4.29. The summed E-state index contributed by atoms with van der Waals surface area (Å²) < 4.78 is 0. The summed E-state index contributed by atoms with van der Waals surface area (Å²) in [5.41, 5.74) is 0.866. The van der Waals surface area contributed by atoms with Gasteiger partial charge in [-0.1, -0.05) is 12.1 Å². The van der Waals surface area contributed by atoms with Crippen molar-refractivity contribution in [2.45, 2.75) is 24.2 Å². The minimum atomic E-state index is -0.380. The van der Waals surface area contributed by atoms with Crippen LogP contribution in [0, 0.1) is 0 Å². The quantitative estimate of drug-likeness (QED) is 0.595. The highest BCUT2D eigenvalue weighted by Crippen LogP contribution is 2.32. The van der Waals surface area contributed by atoms with Crippen LogP contribution in [0.15, 0.2) is 34.1 Å². The molecule has 1 aromatic carbocycles. The summed E-state index contributed by atoms with van der Waals surface area (Å²) >= 11 is 2.54. The summed E-state index contributed by atoms with van der Waals surface area (Å²) in [5, 5.41) is -0.373. The van der Waals surface area contributed by atoms with Gasteiger partial charge in [0, 0.05) is 18.0 Å². The predicted octanol–water partition coefficient (Wildman–Crippen LogP) is 3.46. The van der Waals surface area contributed by atoms with Crippen LogP contribution in [0.4, 0.5) is 4.79 Å². The molecule has 0 radical (unpaired) electrons. The van der Waals surface area contributed by atoms with E-state index in [9.17, 15) is 14.4 Å². The Morgan fingerprint density at radius 1 is 1.16 bits per heavy atom. The highest BCUT2D eigenvalue weighted by atomic mass is 32.2. The van der Waals surface area contributed by atoms with E-state index < -0.39 is 0 Å². The van der Waals surface area contributed by atoms with E-state index in [1.54, 1.807) is 22.7 Å². The maximum absolute atomic E-state index is 12.5. The number of hydrogen-bond donors (Lipinski definition) is 0. The van der Waals surface area contributed by atoms with E-state index in [1.807, 2.05) is 30.5 Å². The van der Waals surface area contributed by atoms with Crippen LogP contribution in [0.5, 0.6) is 0 Å². The van der Waals surface area contributed by atoms with Crippen LogP contribution in [0.25, 0.3) is 6.08 Å². The molecule has 2 heterocycles. The largest absolute Gasteiger partial charge is 0.341 e. The molecule has 0 spiro atoms. The van der Waals surface area contributed by atoms with Gasteiger partial charge in [-0.2, -0.15) is 0 Å². The van der Waals surface area contributed by atoms with Crippen LogP contribution < -0.4 is 0 Å². The Hall–Kier alpha value is -1.73. The first-order chi connectivity index (χ1) is 12.1. The Morgan fingerprint density at radius 2 is 1.84 bits per heavy atom. The molecular weight excluding hydrogens is 356 g/mol. The molecule has 2 fully saturated rings. The molecule has 7 heteroatoms. The van der Waals surface area contributed by atoms with Crippen LogP contribution >= 0.6 is 23.5 Å². The second kappa shape index (κ2) is 8.10. The zero-order chi connectivity index (χ0) is 17.8. The summed E-state index contributed by atoms with van der Waals surface area (Å²) in [6.07, 6.45) is 6.81. The lowest BCUT2D eigenvalue weighted by molar-refractivity contribution is -0.136. The lowest BCUT2D eigenvalue weighted by atomic mass is 10.1. The van der Waals surface area contributed by atoms with Gasteiger partial charge in [-0.25, -0.2) is 0 Å². The van der Waals surface area contributed by atoms with Crippen molar-refractivity contribution in [2.75, 3.05) is 25.9 Å². The molecule has 25 heavy (non-hydrogen) atoms. The molecule has 0 unspecified atom stereocenters. The Balaban J connectivity index is 1.68. The molecule has 3 amide bonds. The summed E-state index contributed by atoms with van der Waals surface area (Å²) in [6, 6.07) is 7.78. The number of imide groups is 1. The number of piperidine rings is 1. The van der Waals surface area contributed by atoms with Crippen LogP contribution in [-0.2, 0) is 9.59 Å². The van der Waals surface area contributed by atoms with Gasteiger partial charge in [0.15, 0.2) is 0 Å². The molecule has 2 aliphatic rings. The van der Waals surface area contributed by atoms with Gasteiger partial charge in [-0.05, 0) is 61.1 Å².